The largest absolute Gasteiger partial charge is 0.370 e. The number of nitrogens with zero attached hydrogens (tertiary/aromatic N) is 2. The lowest BCUT2D eigenvalue weighted by molar-refractivity contribution is 0.173. The summed E-state index contributed by atoms with van der Waals surface area (Å²) in [5.74, 6) is 1.41. The van der Waals surface area contributed by atoms with Crippen LogP contribution in [-0.4, -0.2) is 42.6 Å². The summed E-state index contributed by atoms with van der Waals surface area (Å²) in [7, 11) is 0. The number of nitrogens with one attached hydrogen (secondary N) is 1. The van der Waals surface area contributed by atoms with E-state index in [0.29, 0.717) is 18.0 Å². The lowest BCUT2D eigenvalue weighted by Crippen LogP contribution is -2.40. The molecule has 1 fully saturated rings. The van der Waals surface area contributed by atoms with E-state index in [1.54, 1.807) is 0 Å². The molecule has 0 bridgehead atoms. The first-order chi connectivity index (χ1) is 9.00. The Balaban J connectivity index is 2.11. The highest BCUT2D eigenvalue weighted by molar-refractivity contribution is 5.77. The highest BCUT2D eigenvalue weighted by Crippen LogP contribution is 2.26. The summed E-state index contributed by atoms with van der Waals surface area (Å²) in [4.78, 5) is 6.91. The molecule has 3 N–H and O–H groups in total. The van der Waals surface area contributed by atoms with Gasteiger partial charge in [0.25, 0.3) is 0 Å². The van der Waals surface area contributed by atoms with Gasteiger partial charge < -0.3 is 11.1 Å². The quantitative estimate of drug-likeness (QED) is 0.403. The van der Waals surface area contributed by atoms with Gasteiger partial charge in [0.15, 0.2) is 5.96 Å². The molecule has 1 aliphatic rings. The van der Waals surface area contributed by atoms with Crippen molar-refractivity contribution in [1.82, 2.24) is 10.2 Å². The molecule has 1 aliphatic carbocycles. The molecule has 0 unspecified atom stereocenters. The van der Waals surface area contributed by atoms with Crippen molar-refractivity contribution in [2.24, 2.45) is 16.6 Å². The molecule has 0 heterocycles. The second kappa shape index (κ2) is 8.41. The van der Waals surface area contributed by atoms with Gasteiger partial charge in [-0.05, 0) is 52.9 Å². The fourth-order valence-corrected chi connectivity index (χ4v) is 2.55. The Kier molecular flexibility index (Phi) is 7.21. The standard InChI is InChI=1S/C15H32N4/c1-12(2)19(13(3)4)10-6-9-17-15(16)18-11-14-7-5-8-14/h12-14H,5-11H2,1-4H3,(H3,16,17,18). The van der Waals surface area contributed by atoms with E-state index in [2.05, 4.69) is 42.9 Å². The first kappa shape index (κ1) is 16.3. The molecule has 0 aromatic rings. The van der Waals surface area contributed by atoms with Crippen LogP contribution in [0.4, 0.5) is 0 Å². The Bertz CT molecular complexity index is 261. The van der Waals surface area contributed by atoms with Crippen molar-refractivity contribution in [3.63, 3.8) is 0 Å². The summed E-state index contributed by atoms with van der Waals surface area (Å²) >= 11 is 0. The Hall–Kier alpha value is -0.770. The van der Waals surface area contributed by atoms with Gasteiger partial charge in [0.2, 0.25) is 0 Å². The van der Waals surface area contributed by atoms with Crippen LogP contribution >= 0.6 is 0 Å². The Morgan fingerprint density at radius 2 is 1.89 bits per heavy atom. The van der Waals surface area contributed by atoms with Gasteiger partial charge >= 0.3 is 0 Å². The normalized spacial score (nSPS) is 17.3. The van der Waals surface area contributed by atoms with E-state index in [-0.39, 0.29) is 0 Å². The molecule has 0 spiro atoms. The molecular formula is C15H32N4. The van der Waals surface area contributed by atoms with Crippen LogP contribution in [0.5, 0.6) is 0 Å². The zero-order valence-electron chi connectivity index (χ0n) is 13.2. The lowest BCUT2D eigenvalue weighted by atomic mass is 9.86. The second-order valence-electron chi connectivity index (χ2n) is 6.23. The fraction of sp³-hybridized carbons (Fsp3) is 0.933. The Morgan fingerprint density at radius 1 is 1.26 bits per heavy atom. The molecule has 1 saturated carbocycles. The van der Waals surface area contributed by atoms with Crippen molar-refractivity contribution >= 4 is 5.96 Å². The van der Waals surface area contributed by atoms with Gasteiger partial charge in [-0.1, -0.05) is 6.42 Å². The highest BCUT2D eigenvalue weighted by Gasteiger charge is 2.16. The number of aliphatic imine (C=N–C) groups is 1. The smallest absolute Gasteiger partial charge is 0.188 e. The van der Waals surface area contributed by atoms with Crippen molar-refractivity contribution in [1.29, 1.82) is 0 Å². The second-order valence-corrected chi connectivity index (χ2v) is 6.23. The van der Waals surface area contributed by atoms with E-state index in [1.807, 2.05) is 0 Å². The van der Waals surface area contributed by atoms with Crippen molar-refractivity contribution in [3.05, 3.63) is 0 Å². The summed E-state index contributed by atoms with van der Waals surface area (Å²) in [6.07, 6.45) is 5.13. The molecule has 4 nitrogen and oxygen atoms in total. The molecule has 0 saturated heterocycles. The predicted molar refractivity (Wildman–Crippen MR) is 83.4 cm³/mol. The van der Waals surface area contributed by atoms with Crippen molar-refractivity contribution in [2.45, 2.75) is 65.5 Å². The number of rotatable bonds is 8. The fourth-order valence-electron chi connectivity index (χ4n) is 2.55. The molecule has 0 radical (unpaired) electrons. The zero-order valence-corrected chi connectivity index (χ0v) is 13.2. The third-order valence-corrected chi connectivity index (χ3v) is 3.97. The molecule has 0 aromatic heterocycles. The summed E-state index contributed by atoms with van der Waals surface area (Å²) in [6, 6.07) is 1.20. The Morgan fingerprint density at radius 3 is 2.37 bits per heavy atom. The van der Waals surface area contributed by atoms with Crippen LogP contribution < -0.4 is 11.1 Å². The van der Waals surface area contributed by atoms with Crippen LogP contribution in [0.15, 0.2) is 4.99 Å². The van der Waals surface area contributed by atoms with Crippen LogP contribution in [0.25, 0.3) is 0 Å². The lowest BCUT2D eigenvalue weighted by Gasteiger charge is -2.30. The molecule has 4 heteroatoms. The Labute approximate surface area is 118 Å². The van der Waals surface area contributed by atoms with Crippen molar-refractivity contribution in [2.75, 3.05) is 19.6 Å². The summed E-state index contributed by atoms with van der Waals surface area (Å²) < 4.78 is 0. The van der Waals surface area contributed by atoms with Gasteiger partial charge in [-0.2, -0.15) is 0 Å². The van der Waals surface area contributed by atoms with Gasteiger partial charge in [-0.3, -0.25) is 9.89 Å². The van der Waals surface area contributed by atoms with Gasteiger partial charge in [0, 0.05) is 31.7 Å². The number of nitrogens with two attached hydrogens (primary N) is 1. The van der Waals surface area contributed by atoms with E-state index < -0.39 is 0 Å². The highest BCUT2D eigenvalue weighted by atomic mass is 15.2. The zero-order chi connectivity index (χ0) is 14.3. The molecule has 0 amide bonds. The molecule has 112 valence electrons. The SMILES string of the molecule is CC(C)N(CCCNC(N)=NCC1CCC1)C(C)C. The molecule has 0 atom stereocenters. The molecule has 0 aromatic carbocycles. The summed E-state index contributed by atoms with van der Waals surface area (Å²) in [5.41, 5.74) is 5.86. The average molecular weight is 268 g/mol. The molecule has 1 rings (SSSR count). The molecule has 19 heavy (non-hydrogen) atoms. The van der Waals surface area contributed by atoms with Gasteiger partial charge in [-0.15, -0.1) is 0 Å². The maximum Gasteiger partial charge on any atom is 0.188 e. The van der Waals surface area contributed by atoms with Crippen molar-refractivity contribution in [3.8, 4) is 0 Å². The third kappa shape index (κ3) is 6.28. The maximum atomic E-state index is 5.86. The number of hydrogen-bond donors (Lipinski definition) is 2. The predicted octanol–water partition coefficient (Wildman–Crippen LogP) is 2.20. The minimum absolute atomic E-state index is 0.602. The topological polar surface area (TPSA) is 53.6 Å². The average Bonchev–Trinajstić information content (AvgIpc) is 2.25. The van der Waals surface area contributed by atoms with E-state index in [4.69, 9.17) is 5.73 Å². The van der Waals surface area contributed by atoms with Gasteiger partial charge in [-0.25, -0.2) is 0 Å². The molecule has 0 aliphatic heterocycles. The van der Waals surface area contributed by atoms with Gasteiger partial charge in [0.1, 0.15) is 0 Å². The first-order valence-corrected chi connectivity index (χ1v) is 7.80. The summed E-state index contributed by atoms with van der Waals surface area (Å²) in [6.45, 7) is 11.9. The monoisotopic (exact) mass is 268 g/mol. The van der Waals surface area contributed by atoms with E-state index in [1.165, 1.54) is 19.3 Å². The minimum Gasteiger partial charge on any atom is -0.370 e. The van der Waals surface area contributed by atoms with Gasteiger partial charge in [0.05, 0.1) is 0 Å². The number of guanidine groups is 1. The first-order valence-electron chi connectivity index (χ1n) is 7.80. The maximum absolute atomic E-state index is 5.86. The molecular weight excluding hydrogens is 236 g/mol. The van der Waals surface area contributed by atoms with Crippen LogP contribution in [0, 0.1) is 5.92 Å². The van der Waals surface area contributed by atoms with Crippen LogP contribution in [-0.2, 0) is 0 Å². The minimum atomic E-state index is 0.602. The van der Waals surface area contributed by atoms with E-state index >= 15 is 0 Å². The van der Waals surface area contributed by atoms with Crippen LogP contribution in [0.3, 0.4) is 0 Å². The van der Waals surface area contributed by atoms with Crippen molar-refractivity contribution < 1.29 is 0 Å². The van der Waals surface area contributed by atoms with Crippen LogP contribution in [0.1, 0.15) is 53.4 Å². The number of hydrogen-bond acceptors (Lipinski definition) is 2. The van der Waals surface area contributed by atoms with E-state index in [0.717, 1.165) is 32.0 Å². The summed E-state index contributed by atoms with van der Waals surface area (Å²) in [5, 5.41) is 3.22. The van der Waals surface area contributed by atoms with E-state index in [9.17, 15) is 0 Å². The third-order valence-electron chi connectivity index (χ3n) is 3.97. The van der Waals surface area contributed by atoms with Crippen LogP contribution in [0.2, 0.25) is 0 Å².